The zero-order valence-corrected chi connectivity index (χ0v) is 9.76. The molecule has 16 heavy (non-hydrogen) atoms. The summed E-state index contributed by atoms with van der Waals surface area (Å²) in [6.07, 6.45) is 3.17. The Balaban J connectivity index is 2.22. The summed E-state index contributed by atoms with van der Waals surface area (Å²) in [5, 5.41) is 9.53. The van der Waals surface area contributed by atoms with Gasteiger partial charge < -0.3 is 5.11 Å². The van der Waals surface area contributed by atoms with Gasteiger partial charge in [-0.1, -0.05) is 19.9 Å². The maximum absolute atomic E-state index is 14.1. The lowest BCUT2D eigenvalue weighted by Crippen LogP contribution is -2.21. The highest BCUT2D eigenvalue weighted by atomic mass is 19.1. The van der Waals surface area contributed by atoms with Crippen LogP contribution in [0.3, 0.4) is 0 Å². The van der Waals surface area contributed by atoms with Gasteiger partial charge in [0.25, 0.3) is 0 Å². The SMILES string of the molecule is CC1C(C)C12CCCc1ccc(O)c(F)c12. The average molecular weight is 220 g/mol. The van der Waals surface area contributed by atoms with E-state index in [1.165, 1.54) is 6.07 Å². The number of phenols is 1. The largest absolute Gasteiger partial charge is 0.505 e. The second kappa shape index (κ2) is 2.99. The van der Waals surface area contributed by atoms with Crippen LogP contribution in [0, 0.1) is 17.7 Å². The van der Waals surface area contributed by atoms with E-state index in [9.17, 15) is 9.50 Å². The molecule has 1 fully saturated rings. The molecule has 1 saturated carbocycles. The quantitative estimate of drug-likeness (QED) is 0.710. The van der Waals surface area contributed by atoms with Gasteiger partial charge in [-0.3, -0.25) is 0 Å². The number of phenolic OH excluding ortho intramolecular Hbond substituents is 1. The topological polar surface area (TPSA) is 20.2 Å². The molecule has 2 aliphatic carbocycles. The number of rotatable bonds is 0. The fourth-order valence-electron chi connectivity index (χ4n) is 3.79. The molecule has 1 N–H and O–H groups in total. The molecule has 2 heteroatoms. The molecule has 2 aliphatic rings. The van der Waals surface area contributed by atoms with Crippen LogP contribution >= 0.6 is 0 Å². The van der Waals surface area contributed by atoms with E-state index in [-0.39, 0.29) is 17.0 Å². The molecular formula is C14H17FO. The van der Waals surface area contributed by atoms with Crippen LogP contribution < -0.4 is 0 Å². The van der Waals surface area contributed by atoms with Gasteiger partial charge in [0.15, 0.2) is 11.6 Å². The van der Waals surface area contributed by atoms with Gasteiger partial charge in [0.2, 0.25) is 0 Å². The summed E-state index contributed by atoms with van der Waals surface area (Å²) in [5.41, 5.74) is 1.95. The summed E-state index contributed by atoms with van der Waals surface area (Å²) in [5.74, 6) is 0.533. The number of hydrogen-bond acceptors (Lipinski definition) is 1. The highest BCUT2D eigenvalue weighted by Crippen LogP contribution is 2.65. The van der Waals surface area contributed by atoms with Crippen LogP contribution in [0.4, 0.5) is 4.39 Å². The third-order valence-corrected chi connectivity index (χ3v) is 4.98. The Hall–Kier alpha value is -1.05. The Bertz CT molecular complexity index is 444. The van der Waals surface area contributed by atoms with Crippen LogP contribution in [-0.2, 0) is 11.8 Å². The molecule has 0 amide bonds. The molecule has 2 atom stereocenters. The second-order valence-electron chi connectivity index (χ2n) is 5.40. The van der Waals surface area contributed by atoms with Crippen molar-refractivity contribution in [2.24, 2.45) is 11.8 Å². The highest BCUT2D eigenvalue weighted by Gasteiger charge is 2.62. The smallest absolute Gasteiger partial charge is 0.168 e. The molecule has 2 unspecified atom stereocenters. The Morgan fingerprint density at radius 1 is 1.31 bits per heavy atom. The lowest BCUT2D eigenvalue weighted by molar-refractivity contribution is 0.403. The van der Waals surface area contributed by atoms with Crippen molar-refractivity contribution in [3.63, 3.8) is 0 Å². The Morgan fingerprint density at radius 3 is 2.62 bits per heavy atom. The molecule has 1 nitrogen and oxygen atoms in total. The van der Waals surface area contributed by atoms with Gasteiger partial charge in [-0.2, -0.15) is 0 Å². The number of aryl methyl sites for hydroxylation is 1. The van der Waals surface area contributed by atoms with E-state index in [2.05, 4.69) is 13.8 Å². The Labute approximate surface area is 95.3 Å². The van der Waals surface area contributed by atoms with Gasteiger partial charge in [-0.25, -0.2) is 4.39 Å². The molecule has 1 spiro atoms. The predicted molar refractivity (Wildman–Crippen MR) is 61.0 cm³/mol. The van der Waals surface area contributed by atoms with Crippen LogP contribution in [0.5, 0.6) is 5.75 Å². The van der Waals surface area contributed by atoms with E-state index >= 15 is 0 Å². The van der Waals surface area contributed by atoms with E-state index in [1.807, 2.05) is 6.07 Å². The Morgan fingerprint density at radius 2 is 2.00 bits per heavy atom. The van der Waals surface area contributed by atoms with Crippen molar-refractivity contribution in [2.45, 2.75) is 38.5 Å². The van der Waals surface area contributed by atoms with E-state index in [4.69, 9.17) is 0 Å². The second-order valence-corrected chi connectivity index (χ2v) is 5.40. The first kappa shape index (κ1) is 10.1. The van der Waals surface area contributed by atoms with Crippen molar-refractivity contribution >= 4 is 0 Å². The minimum absolute atomic E-state index is 0.0242. The Kier molecular flexibility index (Phi) is 1.90. The summed E-state index contributed by atoms with van der Waals surface area (Å²) >= 11 is 0. The van der Waals surface area contributed by atoms with Gasteiger partial charge in [-0.15, -0.1) is 0 Å². The van der Waals surface area contributed by atoms with Gasteiger partial charge in [-0.05, 0) is 42.7 Å². The normalized spacial score (nSPS) is 36.2. The number of aromatic hydroxyl groups is 1. The summed E-state index contributed by atoms with van der Waals surface area (Å²) in [4.78, 5) is 0. The van der Waals surface area contributed by atoms with E-state index in [0.29, 0.717) is 11.8 Å². The summed E-state index contributed by atoms with van der Waals surface area (Å²) in [7, 11) is 0. The van der Waals surface area contributed by atoms with Crippen molar-refractivity contribution in [3.8, 4) is 5.75 Å². The molecule has 0 radical (unpaired) electrons. The maximum Gasteiger partial charge on any atom is 0.168 e. The predicted octanol–water partition coefficient (Wildman–Crippen LogP) is 3.39. The number of hydrogen-bond donors (Lipinski definition) is 1. The lowest BCUT2D eigenvalue weighted by Gasteiger charge is -2.27. The first-order valence-electron chi connectivity index (χ1n) is 6.10. The summed E-state index contributed by atoms with van der Waals surface area (Å²) < 4.78 is 14.1. The van der Waals surface area contributed by atoms with Crippen molar-refractivity contribution in [2.75, 3.05) is 0 Å². The number of halogens is 1. The van der Waals surface area contributed by atoms with E-state index in [0.717, 1.165) is 30.4 Å². The molecule has 0 bridgehead atoms. The first-order valence-corrected chi connectivity index (χ1v) is 6.10. The van der Waals surface area contributed by atoms with E-state index < -0.39 is 0 Å². The molecular weight excluding hydrogens is 203 g/mol. The van der Waals surface area contributed by atoms with Crippen LogP contribution in [-0.4, -0.2) is 5.11 Å². The third-order valence-electron chi connectivity index (χ3n) is 4.98. The fraction of sp³-hybridized carbons (Fsp3) is 0.571. The van der Waals surface area contributed by atoms with Gasteiger partial charge in [0, 0.05) is 11.0 Å². The maximum atomic E-state index is 14.1. The third kappa shape index (κ3) is 1.00. The minimum atomic E-state index is -0.367. The van der Waals surface area contributed by atoms with Gasteiger partial charge in [0.05, 0.1) is 0 Å². The monoisotopic (exact) mass is 220 g/mol. The minimum Gasteiger partial charge on any atom is -0.505 e. The summed E-state index contributed by atoms with van der Waals surface area (Å²) in [6, 6.07) is 3.39. The molecule has 86 valence electrons. The van der Waals surface area contributed by atoms with Crippen LogP contribution in [0.25, 0.3) is 0 Å². The molecule has 0 aliphatic heterocycles. The zero-order chi connectivity index (χ0) is 11.5. The molecule has 0 aromatic heterocycles. The zero-order valence-electron chi connectivity index (χ0n) is 9.76. The molecule has 1 aromatic rings. The van der Waals surface area contributed by atoms with Gasteiger partial charge >= 0.3 is 0 Å². The number of fused-ring (bicyclic) bond motifs is 2. The van der Waals surface area contributed by atoms with Crippen molar-refractivity contribution in [1.82, 2.24) is 0 Å². The van der Waals surface area contributed by atoms with Crippen molar-refractivity contribution < 1.29 is 9.50 Å². The van der Waals surface area contributed by atoms with Crippen molar-refractivity contribution in [3.05, 3.63) is 29.1 Å². The van der Waals surface area contributed by atoms with Crippen LogP contribution in [0.2, 0.25) is 0 Å². The first-order chi connectivity index (χ1) is 7.59. The van der Waals surface area contributed by atoms with Crippen molar-refractivity contribution in [1.29, 1.82) is 0 Å². The van der Waals surface area contributed by atoms with E-state index in [1.54, 1.807) is 0 Å². The van der Waals surface area contributed by atoms with Crippen LogP contribution in [0.15, 0.2) is 12.1 Å². The van der Waals surface area contributed by atoms with Gasteiger partial charge in [0.1, 0.15) is 0 Å². The fourth-order valence-corrected chi connectivity index (χ4v) is 3.79. The summed E-state index contributed by atoms with van der Waals surface area (Å²) in [6.45, 7) is 4.40. The number of benzene rings is 1. The molecule has 0 saturated heterocycles. The molecule has 3 rings (SSSR count). The van der Waals surface area contributed by atoms with Crippen LogP contribution in [0.1, 0.15) is 37.8 Å². The lowest BCUT2D eigenvalue weighted by atomic mass is 9.77. The average Bonchev–Trinajstić information content (AvgIpc) is 2.78. The highest BCUT2D eigenvalue weighted by molar-refractivity contribution is 5.48. The molecule has 0 heterocycles. The standard InChI is InChI=1S/C14H17FO/c1-8-9(2)14(8)7-3-4-10-5-6-11(16)13(15)12(10)14/h5-6,8-9,16H,3-4,7H2,1-2H3. The molecule has 1 aromatic carbocycles.